The molecule has 0 saturated carbocycles. The van der Waals surface area contributed by atoms with Gasteiger partial charge in [0.1, 0.15) is 0 Å². The highest BCUT2D eigenvalue weighted by Gasteiger charge is 2.49. The quantitative estimate of drug-likeness (QED) is 0.202. The van der Waals surface area contributed by atoms with Crippen molar-refractivity contribution in [1.82, 2.24) is 0 Å². The van der Waals surface area contributed by atoms with Gasteiger partial charge in [-0.15, -0.1) is 12.3 Å². The Morgan fingerprint density at radius 2 is 1.33 bits per heavy atom. The lowest BCUT2D eigenvalue weighted by Crippen LogP contribution is -2.66. The molecule has 0 aliphatic rings. The van der Waals surface area contributed by atoms with Crippen molar-refractivity contribution in [3.05, 3.63) is 96.6 Å². The van der Waals surface area contributed by atoms with Crippen molar-refractivity contribution in [2.24, 2.45) is 0 Å². The second-order valence-corrected chi connectivity index (χ2v) is 13.8. The van der Waals surface area contributed by atoms with E-state index >= 15 is 0 Å². The van der Waals surface area contributed by atoms with Gasteiger partial charge in [-0.3, -0.25) is 0 Å². The summed E-state index contributed by atoms with van der Waals surface area (Å²) in [4.78, 5) is 0. The Balaban J connectivity index is 1.72. The summed E-state index contributed by atoms with van der Waals surface area (Å²) in [6.45, 7) is 8.20. The predicted octanol–water partition coefficient (Wildman–Crippen LogP) is 5.95. The second-order valence-electron chi connectivity index (χ2n) is 9.48. The summed E-state index contributed by atoms with van der Waals surface area (Å²) >= 11 is 0. The van der Waals surface area contributed by atoms with Gasteiger partial charge >= 0.3 is 0 Å². The lowest BCUT2D eigenvalue weighted by Gasteiger charge is -2.43. The molecule has 1 unspecified atom stereocenters. The Kier molecular flexibility index (Phi) is 9.09. The standard InChI is InChI=1S/C30H36O2Si/c1-5-16-27(31-25-26-17-9-6-10-18-26)19-15-24-32-33(30(2,3)4,28-20-11-7-12-21-28)29-22-13-8-14-23-29/h1,6-14,17-18,20-23,27H,15-16,19,24-25H2,2-4H3. The fraction of sp³-hybridized carbons (Fsp3) is 0.333. The van der Waals surface area contributed by atoms with E-state index in [0.29, 0.717) is 19.6 Å². The van der Waals surface area contributed by atoms with E-state index in [1.165, 1.54) is 15.9 Å². The molecule has 0 radical (unpaired) electrons. The molecular weight excluding hydrogens is 420 g/mol. The van der Waals surface area contributed by atoms with E-state index in [1.54, 1.807) is 0 Å². The van der Waals surface area contributed by atoms with Gasteiger partial charge in [0.25, 0.3) is 8.32 Å². The van der Waals surface area contributed by atoms with Gasteiger partial charge in [0.2, 0.25) is 0 Å². The van der Waals surface area contributed by atoms with Gasteiger partial charge in [-0.2, -0.15) is 0 Å². The van der Waals surface area contributed by atoms with E-state index < -0.39 is 8.32 Å². The molecule has 0 fully saturated rings. The number of rotatable bonds is 11. The third-order valence-corrected chi connectivity index (χ3v) is 11.1. The molecule has 3 aromatic carbocycles. The fourth-order valence-corrected chi connectivity index (χ4v) is 9.07. The average Bonchev–Trinajstić information content (AvgIpc) is 2.83. The van der Waals surface area contributed by atoms with Gasteiger partial charge in [-0.05, 0) is 33.8 Å². The molecule has 0 spiro atoms. The number of terminal acetylenes is 1. The number of benzene rings is 3. The first kappa shape index (κ1) is 25.0. The van der Waals surface area contributed by atoms with Crippen LogP contribution in [0.2, 0.25) is 5.04 Å². The van der Waals surface area contributed by atoms with Crippen molar-refractivity contribution in [1.29, 1.82) is 0 Å². The average molecular weight is 457 g/mol. The molecule has 3 rings (SSSR count). The maximum absolute atomic E-state index is 6.99. The molecule has 3 heteroatoms. The van der Waals surface area contributed by atoms with E-state index in [-0.39, 0.29) is 11.1 Å². The SMILES string of the molecule is C#CCC(CCCO[Si](c1ccccc1)(c1ccccc1)C(C)(C)C)OCc1ccccc1. The summed E-state index contributed by atoms with van der Waals surface area (Å²) in [6, 6.07) is 31.8. The van der Waals surface area contributed by atoms with E-state index in [2.05, 4.69) is 99.5 Å². The highest BCUT2D eigenvalue weighted by Crippen LogP contribution is 2.36. The van der Waals surface area contributed by atoms with Crippen LogP contribution < -0.4 is 10.4 Å². The number of hydrogen-bond acceptors (Lipinski definition) is 2. The van der Waals surface area contributed by atoms with E-state index in [9.17, 15) is 0 Å². The van der Waals surface area contributed by atoms with Crippen molar-refractivity contribution in [3.8, 4) is 12.3 Å². The summed E-state index contributed by atoms with van der Waals surface area (Å²) in [7, 11) is -2.49. The normalized spacial score (nSPS) is 12.8. The molecule has 0 N–H and O–H groups in total. The maximum Gasteiger partial charge on any atom is 0.261 e. The smallest absolute Gasteiger partial charge is 0.261 e. The molecule has 0 heterocycles. The molecule has 0 amide bonds. The first-order valence-corrected chi connectivity index (χ1v) is 13.7. The molecule has 0 saturated heterocycles. The minimum atomic E-state index is -2.49. The van der Waals surface area contributed by atoms with Crippen LogP contribution in [-0.2, 0) is 15.8 Å². The molecule has 1 atom stereocenters. The van der Waals surface area contributed by atoms with Gasteiger partial charge in [-0.1, -0.05) is 112 Å². The van der Waals surface area contributed by atoms with Crippen LogP contribution in [-0.4, -0.2) is 21.0 Å². The summed E-state index contributed by atoms with van der Waals surface area (Å²) in [5.41, 5.74) is 1.17. The Hall–Kier alpha value is -2.64. The van der Waals surface area contributed by atoms with Crippen LogP contribution in [0.25, 0.3) is 0 Å². The molecule has 0 bridgehead atoms. The minimum Gasteiger partial charge on any atom is -0.407 e. The first-order chi connectivity index (χ1) is 16.0. The Bertz CT molecular complexity index is 949. The third kappa shape index (κ3) is 6.45. The van der Waals surface area contributed by atoms with Crippen LogP contribution in [0, 0.1) is 12.3 Å². The second kappa shape index (κ2) is 12.0. The van der Waals surface area contributed by atoms with Gasteiger partial charge in [0.15, 0.2) is 0 Å². The highest BCUT2D eigenvalue weighted by molar-refractivity contribution is 6.99. The summed E-state index contributed by atoms with van der Waals surface area (Å²) in [5.74, 6) is 2.78. The van der Waals surface area contributed by atoms with E-state index in [0.717, 1.165) is 12.8 Å². The van der Waals surface area contributed by atoms with Gasteiger partial charge in [0, 0.05) is 13.0 Å². The van der Waals surface area contributed by atoms with Crippen molar-refractivity contribution in [2.75, 3.05) is 6.61 Å². The Morgan fingerprint density at radius 1 is 0.818 bits per heavy atom. The van der Waals surface area contributed by atoms with Crippen molar-refractivity contribution >= 4 is 18.7 Å². The molecular formula is C30H36O2Si. The first-order valence-electron chi connectivity index (χ1n) is 11.8. The van der Waals surface area contributed by atoms with E-state index in [1.807, 2.05) is 18.2 Å². The summed E-state index contributed by atoms with van der Waals surface area (Å²) in [6.07, 6.45) is 8.08. The number of ether oxygens (including phenoxy) is 1. The molecule has 0 aliphatic heterocycles. The van der Waals surface area contributed by atoms with Gasteiger partial charge in [0.05, 0.1) is 12.7 Å². The van der Waals surface area contributed by atoms with E-state index in [4.69, 9.17) is 15.6 Å². The van der Waals surface area contributed by atoms with Crippen LogP contribution >= 0.6 is 0 Å². The minimum absolute atomic E-state index is 0.0161. The Morgan fingerprint density at radius 3 is 1.82 bits per heavy atom. The molecule has 172 valence electrons. The third-order valence-electron chi connectivity index (χ3n) is 6.08. The fourth-order valence-electron chi connectivity index (χ4n) is 4.46. The van der Waals surface area contributed by atoms with Crippen LogP contribution in [0.4, 0.5) is 0 Å². The van der Waals surface area contributed by atoms with Crippen LogP contribution in [0.15, 0.2) is 91.0 Å². The molecule has 33 heavy (non-hydrogen) atoms. The summed E-state index contributed by atoms with van der Waals surface area (Å²) < 4.78 is 13.1. The van der Waals surface area contributed by atoms with Crippen molar-refractivity contribution < 1.29 is 9.16 Å². The molecule has 2 nitrogen and oxygen atoms in total. The maximum atomic E-state index is 6.99. The van der Waals surface area contributed by atoms with Crippen molar-refractivity contribution in [2.45, 2.75) is 57.8 Å². The van der Waals surface area contributed by atoms with Crippen LogP contribution in [0.5, 0.6) is 0 Å². The molecule has 3 aromatic rings. The zero-order chi connectivity index (χ0) is 23.6. The van der Waals surface area contributed by atoms with Gasteiger partial charge in [-0.25, -0.2) is 0 Å². The predicted molar refractivity (Wildman–Crippen MR) is 141 cm³/mol. The lowest BCUT2D eigenvalue weighted by atomic mass is 10.1. The molecule has 0 aromatic heterocycles. The van der Waals surface area contributed by atoms with Crippen LogP contribution in [0.1, 0.15) is 45.6 Å². The largest absolute Gasteiger partial charge is 0.407 e. The van der Waals surface area contributed by atoms with Crippen LogP contribution in [0.3, 0.4) is 0 Å². The molecule has 0 aliphatic carbocycles. The highest BCUT2D eigenvalue weighted by atomic mass is 28.4. The Labute approximate surface area is 201 Å². The number of hydrogen-bond donors (Lipinski definition) is 0. The van der Waals surface area contributed by atoms with Gasteiger partial charge < -0.3 is 9.16 Å². The van der Waals surface area contributed by atoms with Crippen molar-refractivity contribution in [3.63, 3.8) is 0 Å². The summed E-state index contributed by atoms with van der Waals surface area (Å²) in [5, 5.41) is 2.60. The monoisotopic (exact) mass is 456 g/mol. The zero-order valence-electron chi connectivity index (χ0n) is 20.2. The topological polar surface area (TPSA) is 18.5 Å². The zero-order valence-corrected chi connectivity index (χ0v) is 21.2. The lowest BCUT2D eigenvalue weighted by molar-refractivity contribution is 0.0345.